The van der Waals surface area contributed by atoms with Gasteiger partial charge in [0.05, 0.1) is 23.6 Å². The summed E-state index contributed by atoms with van der Waals surface area (Å²) in [5.74, 6) is -0.536. The highest BCUT2D eigenvalue weighted by Gasteiger charge is 2.21. The van der Waals surface area contributed by atoms with Gasteiger partial charge in [-0.15, -0.1) is 0 Å². The second kappa shape index (κ2) is 10.2. The number of aromatic nitrogens is 2. The maximum Gasteiger partial charge on any atom is 0.336 e. The molecular weight excluding hydrogens is 424 g/mol. The van der Waals surface area contributed by atoms with Crippen LogP contribution in [0.25, 0.3) is 16.8 Å². The molecule has 0 unspecified atom stereocenters. The Bertz CT molecular complexity index is 1290. The molecule has 4 rings (SSSR count). The van der Waals surface area contributed by atoms with Crippen molar-refractivity contribution >= 4 is 11.6 Å². The number of hydrogen-bond acceptors (Lipinski definition) is 3. The average molecular weight is 457 g/mol. The summed E-state index contributed by atoms with van der Waals surface area (Å²) in [5.41, 5.74) is 7.11. The zero-order valence-corrected chi connectivity index (χ0v) is 20.3. The second-order valence-electron chi connectivity index (χ2n) is 9.20. The van der Waals surface area contributed by atoms with E-state index in [0.717, 1.165) is 46.6 Å². The van der Waals surface area contributed by atoms with Gasteiger partial charge in [-0.2, -0.15) is 0 Å². The molecule has 0 fully saturated rings. The van der Waals surface area contributed by atoms with E-state index < -0.39 is 5.97 Å². The fraction of sp³-hybridized carbons (Fsp3) is 0.310. The lowest BCUT2D eigenvalue weighted by atomic mass is 9.96. The summed E-state index contributed by atoms with van der Waals surface area (Å²) < 4.78 is 8.62. The summed E-state index contributed by atoms with van der Waals surface area (Å²) in [4.78, 5) is 16.5. The molecule has 0 aliphatic carbocycles. The molecule has 0 saturated heterocycles. The van der Waals surface area contributed by atoms with Crippen molar-refractivity contribution in [1.29, 1.82) is 0 Å². The number of hydrogen-bond donors (Lipinski definition) is 1. The monoisotopic (exact) mass is 456 g/mol. The van der Waals surface area contributed by atoms with E-state index in [9.17, 15) is 9.90 Å². The number of carboxylic acids is 1. The van der Waals surface area contributed by atoms with Crippen molar-refractivity contribution in [2.24, 2.45) is 5.92 Å². The van der Waals surface area contributed by atoms with E-state index in [4.69, 9.17) is 9.72 Å². The first-order valence-electron chi connectivity index (χ1n) is 11.9. The molecule has 1 atom stereocenters. The van der Waals surface area contributed by atoms with Crippen LogP contribution in [0.1, 0.15) is 66.2 Å². The third-order valence-corrected chi connectivity index (χ3v) is 5.94. The quantitative estimate of drug-likeness (QED) is 0.304. The zero-order valence-electron chi connectivity index (χ0n) is 20.3. The molecule has 2 aromatic carbocycles. The van der Waals surface area contributed by atoms with Gasteiger partial charge in [-0.05, 0) is 53.6 Å². The summed E-state index contributed by atoms with van der Waals surface area (Å²) in [6.07, 6.45) is 3.85. The highest BCUT2D eigenvalue weighted by Crippen LogP contribution is 2.31. The third kappa shape index (κ3) is 4.90. The van der Waals surface area contributed by atoms with Gasteiger partial charge < -0.3 is 14.2 Å². The Kier molecular flexibility index (Phi) is 7.13. The van der Waals surface area contributed by atoms with Gasteiger partial charge in [-0.25, -0.2) is 9.78 Å². The van der Waals surface area contributed by atoms with Gasteiger partial charge in [0.2, 0.25) is 0 Å². The van der Waals surface area contributed by atoms with Crippen LogP contribution in [-0.2, 0) is 11.2 Å². The Hall–Kier alpha value is -3.44. The van der Waals surface area contributed by atoms with Gasteiger partial charge in [0.25, 0.3) is 0 Å². The fourth-order valence-corrected chi connectivity index (χ4v) is 4.26. The summed E-state index contributed by atoms with van der Waals surface area (Å²) in [5, 5.41) is 9.57. The molecule has 5 nitrogen and oxygen atoms in total. The third-order valence-electron chi connectivity index (χ3n) is 5.94. The molecule has 0 bridgehead atoms. The Morgan fingerprint density at radius 3 is 2.47 bits per heavy atom. The van der Waals surface area contributed by atoms with Crippen LogP contribution in [0.5, 0.6) is 0 Å². The summed E-state index contributed by atoms with van der Waals surface area (Å²) in [7, 11) is 0. The largest absolute Gasteiger partial charge is 0.478 e. The Morgan fingerprint density at radius 1 is 1.06 bits per heavy atom. The molecule has 34 heavy (non-hydrogen) atoms. The number of aryl methyl sites for hydroxylation is 2. The lowest BCUT2D eigenvalue weighted by Crippen LogP contribution is -2.14. The van der Waals surface area contributed by atoms with E-state index in [-0.39, 0.29) is 6.10 Å². The molecule has 0 spiro atoms. The van der Waals surface area contributed by atoms with Crippen LogP contribution >= 0.6 is 0 Å². The van der Waals surface area contributed by atoms with Crippen molar-refractivity contribution in [1.82, 2.24) is 9.38 Å². The SMILES string of the molecule is CCCc1cn2c([C@H](OCC(C)C)c3ccc(-c4ccccc4C(=O)O)cc3)ccc(C)c2n1. The lowest BCUT2D eigenvalue weighted by Gasteiger charge is -2.22. The summed E-state index contributed by atoms with van der Waals surface area (Å²) in [6.45, 7) is 9.16. The molecule has 2 heterocycles. The highest BCUT2D eigenvalue weighted by molar-refractivity contribution is 5.96. The molecule has 1 N–H and O–H groups in total. The number of carbonyl (C=O) groups is 1. The first-order valence-corrected chi connectivity index (χ1v) is 11.9. The number of aromatic carboxylic acids is 1. The minimum absolute atomic E-state index is 0.266. The average Bonchev–Trinajstić information content (AvgIpc) is 3.26. The van der Waals surface area contributed by atoms with Gasteiger partial charge in [-0.1, -0.05) is 75.7 Å². The number of ether oxygens (including phenoxy) is 1. The molecule has 0 aliphatic heterocycles. The van der Waals surface area contributed by atoms with Crippen LogP contribution in [0.4, 0.5) is 0 Å². The molecule has 0 saturated carbocycles. The number of rotatable bonds is 9. The molecule has 176 valence electrons. The minimum atomic E-state index is -0.928. The number of fused-ring (bicyclic) bond motifs is 1. The van der Waals surface area contributed by atoms with Crippen molar-refractivity contribution < 1.29 is 14.6 Å². The number of carboxylic acid groups (broad SMARTS) is 1. The van der Waals surface area contributed by atoms with Crippen molar-refractivity contribution in [2.75, 3.05) is 6.61 Å². The molecule has 0 aliphatic rings. The van der Waals surface area contributed by atoms with E-state index in [1.54, 1.807) is 12.1 Å². The topological polar surface area (TPSA) is 63.8 Å². The van der Waals surface area contributed by atoms with E-state index >= 15 is 0 Å². The van der Waals surface area contributed by atoms with Crippen LogP contribution in [0, 0.1) is 12.8 Å². The standard InChI is InChI=1S/C29H32N2O3/c1-5-8-23-17-31-26(16-11-20(4)28(31)30-23)27(34-18-19(2)3)22-14-12-21(13-15-22)24-9-6-7-10-25(24)29(32)33/h6-7,9-17,19,27H,5,8,18H2,1-4H3,(H,32,33)/t27-/m1/s1. The highest BCUT2D eigenvalue weighted by atomic mass is 16.5. The van der Waals surface area contributed by atoms with E-state index in [1.807, 2.05) is 36.4 Å². The van der Waals surface area contributed by atoms with E-state index in [1.165, 1.54) is 0 Å². The zero-order chi connectivity index (χ0) is 24.2. The van der Waals surface area contributed by atoms with Gasteiger partial charge in [0.1, 0.15) is 11.8 Å². The first kappa shape index (κ1) is 23.7. The Balaban J connectivity index is 1.77. The number of pyridine rings is 1. The smallest absolute Gasteiger partial charge is 0.336 e. The molecule has 0 radical (unpaired) electrons. The van der Waals surface area contributed by atoms with Gasteiger partial charge >= 0.3 is 5.97 Å². The molecule has 0 amide bonds. The summed E-state index contributed by atoms with van der Waals surface area (Å²) >= 11 is 0. The first-order chi connectivity index (χ1) is 16.4. The van der Waals surface area contributed by atoms with Crippen LogP contribution < -0.4 is 0 Å². The second-order valence-corrected chi connectivity index (χ2v) is 9.20. The van der Waals surface area contributed by atoms with Crippen molar-refractivity contribution in [3.05, 3.63) is 94.9 Å². The Labute approximate surface area is 201 Å². The lowest BCUT2D eigenvalue weighted by molar-refractivity contribution is 0.0570. The van der Waals surface area contributed by atoms with Crippen molar-refractivity contribution in [3.63, 3.8) is 0 Å². The Morgan fingerprint density at radius 2 is 1.79 bits per heavy atom. The molecule has 2 aromatic heterocycles. The van der Waals surface area contributed by atoms with Crippen LogP contribution in [0.15, 0.2) is 66.9 Å². The molecule has 4 aromatic rings. The molecule has 5 heteroatoms. The van der Waals surface area contributed by atoms with Gasteiger partial charge in [-0.3, -0.25) is 0 Å². The van der Waals surface area contributed by atoms with Gasteiger partial charge in [0.15, 0.2) is 0 Å². The molecular formula is C29H32N2O3. The normalized spacial score (nSPS) is 12.4. The maximum absolute atomic E-state index is 11.7. The van der Waals surface area contributed by atoms with E-state index in [2.05, 4.69) is 50.4 Å². The van der Waals surface area contributed by atoms with Crippen molar-refractivity contribution in [2.45, 2.75) is 46.6 Å². The van der Waals surface area contributed by atoms with E-state index in [0.29, 0.717) is 23.7 Å². The number of imidazole rings is 1. The fourth-order valence-electron chi connectivity index (χ4n) is 4.26. The van der Waals surface area contributed by atoms with Crippen LogP contribution in [-0.4, -0.2) is 27.1 Å². The van der Waals surface area contributed by atoms with Crippen molar-refractivity contribution in [3.8, 4) is 11.1 Å². The predicted molar refractivity (Wildman–Crippen MR) is 135 cm³/mol. The minimum Gasteiger partial charge on any atom is -0.478 e. The maximum atomic E-state index is 11.7. The predicted octanol–water partition coefficient (Wildman–Crippen LogP) is 6.72. The number of benzene rings is 2. The van der Waals surface area contributed by atoms with Gasteiger partial charge in [0, 0.05) is 6.20 Å². The summed E-state index contributed by atoms with van der Waals surface area (Å²) in [6, 6.07) is 19.3. The van der Waals surface area contributed by atoms with Crippen LogP contribution in [0.2, 0.25) is 0 Å². The number of nitrogens with zero attached hydrogens (tertiary/aromatic N) is 2. The van der Waals surface area contributed by atoms with Crippen LogP contribution in [0.3, 0.4) is 0 Å².